The first kappa shape index (κ1) is 12.2. The summed E-state index contributed by atoms with van der Waals surface area (Å²) < 4.78 is 4.88. The highest BCUT2D eigenvalue weighted by Crippen LogP contribution is 2.04. The first-order chi connectivity index (χ1) is 7.76. The van der Waals surface area contributed by atoms with Gasteiger partial charge in [-0.25, -0.2) is 4.79 Å². The lowest BCUT2D eigenvalue weighted by Crippen LogP contribution is -2.00. The molecule has 1 rings (SSSR count). The molecule has 0 aromatic heterocycles. The number of esters is 1. The van der Waals surface area contributed by atoms with E-state index in [1.54, 1.807) is 30.3 Å². The van der Waals surface area contributed by atoms with Gasteiger partial charge in [0.2, 0.25) is 0 Å². The van der Waals surface area contributed by atoms with Gasteiger partial charge in [-0.05, 0) is 18.1 Å². The van der Waals surface area contributed by atoms with Gasteiger partial charge in [0, 0.05) is 11.6 Å². The molecule has 0 spiro atoms. The van der Waals surface area contributed by atoms with E-state index in [9.17, 15) is 9.59 Å². The molecule has 0 atom stereocenters. The highest BCUT2D eigenvalue weighted by Gasteiger charge is 1.95. The maximum Gasteiger partial charge on any atom is 0.330 e. The van der Waals surface area contributed by atoms with Crippen LogP contribution >= 0.6 is 0 Å². The zero-order chi connectivity index (χ0) is 11.8. The molecule has 1 aromatic rings. The molecular formula is C13H14O3. The van der Waals surface area contributed by atoms with Gasteiger partial charge in [0.1, 0.15) is 6.29 Å². The fourth-order valence-electron chi connectivity index (χ4n) is 1.10. The molecule has 0 N–H and O–H groups in total. The largest absolute Gasteiger partial charge is 0.463 e. The molecule has 0 saturated heterocycles. The van der Waals surface area contributed by atoms with E-state index in [0.29, 0.717) is 12.2 Å². The van der Waals surface area contributed by atoms with Crippen LogP contribution in [0.5, 0.6) is 0 Å². The molecule has 0 aliphatic rings. The van der Waals surface area contributed by atoms with Gasteiger partial charge in [-0.2, -0.15) is 0 Å². The smallest absolute Gasteiger partial charge is 0.330 e. The average molecular weight is 218 g/mol. The molecule has 0 saturated carbocycles. The molecule has 0 bridgehead atoms. The Hall–Kier alpha value is -1.90. The van der Waals surface area contributed by atoms with Gasteiger partial charge in [0.15, 0.2) is 0 Å². The summed E-state index contributed by atoms with van der Waals surface area (Å²) in [4.78, 5) is 21.5. The number of carbonyl (C=O) groups excluding carboxylic acids is 2. The number of aldehydes is 1. The lowest BCUT2D eigenvalue weighted by Gasteiger charge is -1.97. The summed E-state index contributed by atoms with van der Waals surface area (Å²) in [7, 11) is 0. The van der Waals surface area contributed by atoms with Crippen molar-refractivity contribution >= 4 is 18.3 Å². The van der Waals surface area contributed by atoms with Crippen LogP contribution < -0.4 is 0 Å². The van der Waals surface area contributed by atoms with Crippen LogP contribution in [0.25, 0.3) is 6.08 Å². The summed E-state index contributed by atoms with van der Waals surface area (Å²) in [6, 6.07) is 6.94. The second kappa shape index (κ2) is 6.56. The van der Waals surface area contributed by atoms with Crippen LogP contribution in [-0.2, 0) is 9.53 Å². The number of hydrogen-bond donors (Lipinski definition) is 0. The molecule has 84 valence electrons. The Kier molecular flexibility index (Phi) is 4.99. The summed E-state index contributed by atoms with van der Waals surface area (Å²) in [5.74, 6) is -0.346. The van der Waals surface area contributed by atoms with Crippen molar-refractivity contribution in [2.24, 2.45) is 0 Å². The lowest BCUT2D eigenvalue weighted by molar-refractivity contribution is -0.137. The van der Waals surface area contributed by atoms with Crippen LogP contribution in [0, 0.1) is 0 Å². The van der Waals surface area contributed by atoms with Crippen LogP contribution in [0.3, 0.4) is 0 Å². The Morgan fingerprint density at radius 1 is 1.25 bits per heavy atom. The normalized spacial score (nSPS) is 10.3. The monoisotopic (exact) mass is 218 g/mol. The summed E-state index contributed by atoms with van der Waals surface area (Å²) in [5, 5.41) is 0. The van der Waals surface area contributed by atoms with Crippen LogP contribution in [0.4, 0.5) is 0 Å². The Labute approximate surface area is 94.7 Å². The number of carbonyl (C=O) groups is 2. The van der Waals surface area contributed by atoms with Crippen LogP contribution in [0.2, 0.25) is 0 Å². The predicted molar refractivity (Wildman–Crippen MR) is 62.1 cm³/mol. The average Bonchev–Trinajstić information content (AvgIpc) is 2.34. The molecule has 3 nitrogen and oxygen atoms in total. The zero-order valence-electron chi connectivity index (χ0n) is 9.18. The molecule has 0 radical (unpaired) electrons. The standard InChI is InChI=1S/C13H14O3/c1-2-9-16-13(15)8-7-11-3-5-12(10-14)6-4-11/h3-8,10H,2,9H2,1H3. The van der Waals surface area contributed by atoms with Crippen molar-refractivity contribution in [1.82, 2.24) is 0 Å². The third-order valence-corrected chi connectivity index (χ3v) is 1.93. The van der Waals surface area contributed by atoms with Crippen LogP contribution in [-0.4, -0.2) is 18.9 Å². The molecule has 3 heteroatoms. The van der Waals surface area contributed by atoms with Gasteiger partial charge in [-0.1, -0.05) is 31.2 Å². The van der Waals surface area contributed by atoms with E-state index in [0.717, 1.165) is 18.3 Å². The Balaban J connectivity index is 2.55. The fraction of sp³-hybridized carbons (Fsp3) is 0.231. The summed E-state index contributed by atoms with van der Waals surface area (Å²) >= 11 is 0. The third kappa shape index (κ3) is 4.09. The first-order valence-electron chi connectivity index (χ1n) is 5.16. The molecular weight excluding hydrogens is 204 g/mol. The number of rotatable bonds is 5. The highest BCUT2D eigenvalue weighted by atomic mass is 16.5. The Morgan fingerprint density at radius 3 is 2.44 bits per heavy atom. The molecule has 16 heavy (non-hydrogen) atoms. The van der Waals surface area contributed by atoms with E-state index < -0.39 is 0 Å². The molecule has 0 amide bonds. The quantitative estimate of drug-likeness (QED) is 0.433. The van der Waals surface area contributed by atoms with Gasteiger partial charge in [-0.15, -0.1) is 0 Å². The second-order valence-corrected chi connectivity index (χ2v) is 3.29. The van der Waals surface area contributed by atoms with Crippen molar-refractivity contribution in [3.63, 3.8) is 0 Å². The molecule has 0 aliphatic heterocycles. The van der Waals surface area contributed by atoms with Crippen LogP contribution in [0.1, 0.15) is 29.3 Å². The number of hydrogen-bond acceptors (Lipinski definition) is 3. The SMILES string of the molecule is CCCOC(=O)C=Cc1ccc(C=O)cc1. The first-order valence-corrected chi connectivity index (χ1v) is 5.16. The van der Waals surface area contributed by atoms with Gasteiger partial charge in [0.05, 0.1) is 6.61 Å². The van der Waals surface area contributed by atoms with Crippen molar-refractivity contribution in [2.75, 3.05) is 6.61 Å². The van der Waals surface area contributed by atoms with Crippen molar-refractivity contribution in [3.05, 3.63) is 41.5 Å². The second-order valence-electron chi connectivity index (χ2n) is 3.29. The summed E-state index contributed by atoms with van der Waals surface area (Å²) in [5.41, 5.74) is 1.48. The van der Waals surface area contributed by atoms with Crippen molar-refractivity contribution in [3.8, 4) is 0 Å². The van der Waals surface area contributed by atoms with E-state index in [4.69, 9.17) is 4.74 Å². The molecule has 1 aromatic carbocycles. The maximum absolute atomic E-state index is 11.1. The van der Waals surface area contributed by atoms with Crippen molar-refractivity contribution in [2.45, 2.75) is 13.3 Å². The van der Waals surface area contributed by atoms with E-state index >= 15 is 0 Å². The molecule has 0 unspecified atom stereocenters. The lowest BCUT2D eigenvalue weighted by atomic mass is 10.1. The Morgan fingerprint density at radius 2 is 1.88 bits per heavy atom. The van der Waals surface area contributed by atoms with Crippen LogP contribution in [0.15, 0.2) is 30.3 Å². The van der Waals surface area contributed by atoms with E-state index in [2.05, 4.69) is 0 Å². The van der Waals surface area contributed by atoms with Gasteiger partial charge in [0.25, 0.3) is 0 Å². The zero-order valence-corrected chi connectivity index (χ0v) is 9.18. The topological polar surface area (TPSA) is 43.4 Å². The number of ether oxygens (including phenoxy) is 1. The molecule has 0 fully saturated rings. The van der Waals surface area contributed by atoms with E-state index in [1.165, 1.54) is 6.08 Å². The number of benzene rings is 1. The molecule has 0 aliphatic carbocycles. The van der Waals surface area contributed by atoms with Gasteiger partial charge < -0.3 is 4.74 Å². The van der Waals surface area contributed by atoms with E-state index in [-0.39, 0.29) is 5.97 Å². The predicted octanol–water partition coefficient (Wildman–Crippen LogP) is 2.47. The van der Waals surface area contributed by atoms with Gasteiger partial charge in [-0.3, -0.25) is 4.79 Å². The Bertz CT molecular complexity index is 377. The minimum Gasteiger partial charge on any atom is -0.463 e. The minimum absolute atomic E-state index is 0.346. The fourth-order valence-corrected chi connectivity index (χ4v) is 1.10. The molecule has 0 heterocycles. The van der Waals surface area contributed by atoms with Crippen molar-refractivity contribution < 1.29 is 14.3 Å². The maximum atomic E-state index is 11.1. The third-order valence-electron chi connectivity index (χ3n) is 1.93. The summed E-state index contributed by atoms with van der Waals surface area (Å²) in [6.45, 7) is 2.38. The van der Waals surface area contributed by atoms with E-state index in [1.807, 2.05) is 6.92 Å². The summed E-state index contributed by atoms with van der Waals surface area (Å²) in [6.07, 6.45) is 4.63. The highest BCUT2D eigenvalue weighted by molar-refractivity contribution is 5.87. The minimum atomic E-state index is -0.346. The van der Waals surface area contributed by atoms with Crippen molar-refractivity contribution in [1.29, 1.82) is 0 Å². The van der Waals surface area contributed by atoms with Gasteiger partial charge >= 0.3 is 5.97 Å².